The number of anilines is 1. The van der Waals surface area contributed by atoms with Crippen LogP contribution in [0.25, 0.3) is 22.6 Å². The molecule has 0 unspecified atom stereocenters. The van der Waals surface area contributed by atoms with E-state index in [1.807, 2.05) is 25.1 Å². The molecule has 0 aliphatic carbocycles. The Morgan fingerprint density at radius 2 is 2.11 bits per heavy atom. The van der Waals surface area contributed by atoms with Gasteiger partial charge in [0.15, 0.2) is 5.58 Å². The van der Waals surface area contributed by atoms with Crippen molar-refractivity contribution in [1.29, 1.82) is 0 Å². The van der Waals surface area contributed by atoms with E-state index in [0.717, 1.165) is 11.1 Å². The number of oxazole rings is 1. The number of hydrogen-bond donors (Lipinski definition) is 0. The maximum Gasteiger partial charge on any atom is 0.311 e. The van der Waals surface area contributed by atoms with E-state index in [0.29, 0.717) is 27.7 Å². The van der Waals surface area contributed by atoms with Crippen LogP contribution in [-0.4, -0.2) is 30.5 Å². The van der Waals surface area contributed by atoms with E-state index in [-0.39, 0.29) is 18.9 Å². The molecule has 0 spiro atoms. The predicted molar refractivity (Wildman–Crippen MR) is 102 cm³/mol. The Morgan fingerprint density at radius 1 is 1.30 bits per heavy atom. The van der Waals surface area contributed by atoms with E-state index in [1.54, 1.807) is 18.2 Å². The van der Waals surface area contributed by atoms with E-state index in [1.165, 1.54) is 12.0 Å². The smallest absolute Gasteiger partial charge is 0.311 e. The minimum Gasteiger partial charge on any atom is -0.469 e. The van der Waals surface area contributed by atoms with Crippen LogP contribution < -0.4 is 4.90 Å². The Hall–Kier alpha value is -2.86. The van der Waals surface area contributed by atoms with E-state index >= 15 is 0 Å². The first kappa shape index (κ1) is 17.5. The molecule has 7 heteroatoms. The summed E-state index contributed by atoms with van der Waals surface area (Å²) < 4.78 is 10.6. The fourth-order valence-corrected chi connectivity index (χ4v) is 3.50. The number of nitrogens with zero attached hydrogens (tertiary/aromatic N) is 2. The number of fused-ring (bicyclic) bond motifs is 1. The van der Waals surface area contributed by atoms with E-state index < -0.39 is 11.9 Å². The molecule has 1 amide bonds. The second-order valence-corrected chi connectivity index (χ2v) is 6.99. The van der Waals surface area contributed by atoms with Crippen LogP contribution in [0.5, 0.6) is 0 Å². The molecule has 2 aromatic carbocycles. The number of methoxy groups -OCH3 is 1. The van der Waals surface area contributed by atoms with Crippen LogP contribution in [0.4, 0.5) is 5.69 Å². The number of hydrogen-bond acceptors (Lipinski definition) is 5. The van der Waals surface area contributed by atoms with E-state index in [2.05, 4.69) is 4.98 Å². The monoisotopic (exact) mass is 384 g/mol. The molecule has 1 aromatic heterocycles. The summed E-state index contributed by atoms with van der Waals surface area (Å²) in [5.41, 5.74) is 3.79. The molecule has 1 saturated heterocycles. The third-order valence-corrected chi connectivity index (χ3v) is 5.01. The molecule has 0 radical (unpaired) electrons. The number of carbonyl (C=O) groups is 2. The molecule has 6 nitrogen and oxygen atoms in total. The summed E-state index contributed by atoms with van der Waals surface area (Å²) in [6.45, 7) is 2.23. The molecular weight excluding hydrogens is 368 g/mol. The standard InChI is InChI=1S/C20H17ClN2O4/c1-11-3-6-17-15(7-11)22-19(27-17)12-4-5-14(21)16(8-12)23-10-13(9-18(23)24)20(25)26-2/h3-8,13H,9-10H2,1-2H3/t13-/m1/s1. The molecule has 1 atom stereocenters. The second kappa shape index (κ2) is 6.70. The highest BCUT2D eigenvalue weighted by Crippen LogP contribution is 2.35. The molecule has 1 aliphatic heterocycles. The third kappa shape index (κ3) is 3.17. The topological polar surface area (TPSA) is 72.6 Å². The summed E-state index contributed by atoms with van der Waals surface area (Å²) >= 11 is 6.33. The van der Waals surface area contributed by atoms with Crippen LogP contribution in [0.3, 0.4) is 0 Å². The Labute approximate surface area is 160 Å². The third-order valence-electron chi connectivity index (χ3n) is 4.69. The number of halogens is 1. The molecule has 0 N–H and O–H groups in total. The summed E-state index contributed by atoms with van der Waals surface area (Å²) in [7, 11) is 1.32. The van der Waals surface area contributed by atoms with Crippen LogP contribution in [0.1, 0.15) is 12.0 Å². The minimum atomic E-state index is -0.491. The Morgan fingerprint density at radius 3 is 2.89 bits per heavy atom. The van der Waals surface area contributed by atoms with Gasteiger partial charge in [0.05, 0.1) is 23.7 Å². The number of ether oxygens (including phenoxy) is 1. The van der Waals surface area contributed by atoms with Crippen molar-refractivity contribution in [2.24, 2.45) is 5.92 Å². The minimum absolute atomic E-state index is 0.107. The highest BCUT2D eigenvalue weighted by molar-refractivity contribution is 6.34. The molecule has 1 fully saturated rings. The van der Waals surface area contributed by atoms with Gasteiger partial charge in [-0.15, -0.1) is 0 Å². The molecule has 4 rings (SSSR count). The summed E-state index contributed by atoms with van der Waals surface area (Å²) in [5.74, 6) is -0.607. The average molecular weight is 385 g/mol. The van der Waals surface area contributed by atoms with Gasteiger partial charge < -0.3 is 14.1 Å². The molecule has 2 heterocycles. The van der Waals surface area contributed by atoms with Gasteiger partial charge in [-0.25, -0.2) is 4.98 Å². The highest BCUT2D eigenvalue weighted by atomic mass is 35.5. The van der Waals surface area contributed by atoms with Gasteiger partial charge in [0.1, 0.15) is 5.52 Å². The lowest BCUT2D eigenvalue weighted by Crippen LogP contribution is -2.26. The van der Waals surface area contributed by atoms with Gasteiger partial charge in [-0.3, -0.25) is 9.59 Å². The number of aryl methyl sites for hydroxylation is 1. The largest absolute Gasteiger partial charge is 0.469 e. The van der Waals surface area contributed by atoms with Crippen molar-refractivity contribution in [2.75, 3.05) is 18.6 Å². The second-order valence-electron chi connectivity index (χ2n) is 6.58. The molecule has 138 valence electrons. The Bertz CT molecular complexity index is 1060. The van der Waals surface area contributed by atoms with Crippen molar-refractivity contribution >= 4 is 40.3 Å². The van der Waals surface area contributed by atoms with Crippen LogP contribution in [0, 0.1) is 12.8 Å². The fraction of sp³-hybridized carbons (Fsp3) is 0.250. The van der Waals surface area contributed by atoms with Crippen molar-refractivity contribution < 1.29 is 18.7 Å². The number of esters is 1. The first-order chi connectivity index (χ1) is 13.0. The number of rotatable bonds is 3. The van der Waals surface area contributed by atoms with Crippen LogP contribution in [-0.2, 0) is 14.3 Å². The zero-order chi connectivity index (χ0) is 19.1. The summed E-state index contributed by atoms with van der Waals surface area (Å²) in [4.78, 5) is 30.2. The lowest BCUT2D eigenvalue weighted by atomic mass is 10.1. The van der Waals surface area contributed by atoms with Gasteiger partial charge in [-0.05, 0) is 42.8 Å². The fourth-order valence-electron chi connectivity index (χ4n) is 3.28. The summed E-state index contributed by atoms with van der Waals surface area (Å²) in [6.07, 6.45) is 0.107. The molecule has 27 heavy (non-hydrogen) atoms. The zero-order valence-corrected chi connectivity index (χ0v) is 15.6. The number of carbonyl (C=O) groups excluding carboxylic acids is 2. The van der Waals surface area contributed by atoms with Gasteiger partial charge >= 0.3 is 5.97 Å². The predicted octanol–water partition coefficient (Wildman–Crippen LogP) is 3.98. The van der Waals surface area contributed by atoms with E-state index in [9.17, 15) is 9.59 Å². The number of amides is 1. The average Bonchev–Trinajstić information content (AvgIpc) is 3.24. The number of benzene rings is 2. The van der Waals surface area contributed by atoms with E-state index in [4.69, 9.17) is 20.8 Å². The molecule has 0 saturated carbocycles. The maximum atomic E-state index is 12.4. The van der Waals surface area contributed by atoms with Gasteiger partial charge in [-0.1, -0.05) is 17.7 Å². The molecule has 0 bridgehead atoms. The van der Waals surface area contributed by atoms with Gasteiger partial charge in [0.2, 0.25) is 11.8 Å². The van der Waals surface area contributed by atoms with Crippen molar-refractivity contribution in [3.63, 3.8) is 0 Å². The number of aromatic nitrogens is 1. The Balaban J connectivity index is 1.71. The van der Waals surface area contributed by atoms with Gasteiger partial charge in [-0.2, -0.15) is 0 Å². The first-order valence-corrected chi connectivity index (χ1v) is 8.89. The van der Waals surface area contributed by atoms with Gasteiger partial charge in [0.25, 0.3) is 0 Å². The first-order valence-electron chi connectivity index (χ1n) is 8.51. The Kier molecular flexibility index (Phi) is 4.36. The van der Waals surface area contributed by atoms with Crippen molar-refractivity contribution in [3.05, 3.63) is 47.0 Å². The summed E-state index contributed by atoms with van der Waals surface area (Å²) in [6, 6.07) is 11.0. The molecule has 3 aromatic rings. The van der Waals surface area contributed by atoms with Crippen molar-refractivity contribution in [2.45, 2.75) is 13.3 Å². The lowest BCUT2D eigenvalue weighted by molar-refractivity contribution is -0.145. The zero-order valence-electron chi connectivity index (χ0n) is 14.9. The lowest BCUT2D eigenvalue weighted by Gasteiger charge is -2.18. The normalized spacial score (nSPS) is 16.9. The van der Waals surface area contributed by atoms with Crippen LogP contribution in [0.15, 0.2) is 40.8 Å². The van der Waals surface area contributed by atoms with Crippen molar-refractivity contribution in [1.82, 2.24) is 4.98 Å². The van der Waals surface area contributed by atoms with Crippen LogP contribution >= 0.6 is 11.6 Å². The maximum absolute atomic E-state index is 12.4. The molecular formula is C20H17ClN2O4. The van der Waals surface area contributed by atoms with Crippen molar-refractivity contribution in [3.8, 4) is 11.5 Å². The van der Waals surface area contributed by atoms with Gasteiger partial charge in [0, 0.05) is 18.5 Å². The summed E-state index contributed by atoms with van der Waals surface area (Å²) in [5, 5.41) is 0.421. The highest BCUT2D eigenvalue weighted by Gasteiger charge is 2.36. The quantitative estimate of drug-likeness (QED) is 0.638. The SMILES string of the molecule is COC(=O)[C@@H]1CC(=O)N(c2cc(-c3nc4cc(C)ccc4o3)ccc2Cl)C1. The van der Waals surface area contributed by atoms with Crippen LogP contribution in [0.2, 0.25) is 5.02 Å². The molecule has 1 aliphatic rings.